The van der Waals surface area contributed by atoms with E-state index >= 15 is 0 Å². The van der Waals surface area contributed by atoms with Gasteiger partial charge in [-0.3, -0.25) is 4.99 Å². The second-order valence-corrected chi connectivity index (χ2v) is 4.85. The van der Waals surface area contributed by atoms with Gasteiger partial charge < -0.3 is 25.4 Å². The zero-order chi connectivity index (χ0) is 14.7. The summed E-state index contributed by atoms with van der Waals surface area (Å²) in [5.74, 6) is 0.669. The number of methoxy groups -OCH3 is 1. The fraction of sp³-hybridized carbons (Fsp3) is 0.833. The van der Waals surface area contributed by atoms with Gasteiger partial charge in [0.05, 0.1) is 6.61 Å². The molecular weight excluding hydrogens is 375 g/mol. The van der Waals surface area contributed by atoms with Crippen LogP contribution >= 0.6 is 24.0 Å². The minimum absolute atomic E-state index is 0. The molecule has 20 heavy (non-hydrogen) atoms. The van der Waals surface area contributed by atoms with Crippen molar-refractivity contribution < 1.29 is 14.3 Å². The van der Waals surface area contributed by atoms with E-state index in [0.717, 1.165) is 0 Å². The van der Waals surface area contributed by atoms with Crippen LogP contribution in [0.4, 0.5) is 4.79 Å². The van der Waals surface area contributed by atoms with Crippen molar-refractivity contribution in [3.05, 3.63) is 0 Å². The molecule has 3 N–H and O–H groups in total. The van der Waals surface area contributed by atoms with Crippen molar-refractivity contribution in [1.29, 1.82) is 0 Å². The van der Waals surface area contributed by atoms with Crippen LogP contribution < -0.4 is 16.0 Å². The number of nitrogens with zero attached hydrogens (tertiary/aromatic N) is 1. The zero-order valence-electron chi connectivity index (χ0n) is 12.9. The molecule has 8 heteroatoms. The molecule has 1 amide bonds. The molecule has 0 aliphatic carbocycles. The third-order valence-electron chi connectivity index (χ3n) is 1.91. The number of halogens is 1. The first-order valence-corrected chi connectivity index (χ1v) is 6.29. The van der Waals surface area contributed by atoms with E-state index in [1.54, 1.807) is 14.2 Å². The van der Waals surface area contributed by atoms with Gasteiger partial charge in [0.15, 0.2) is 5.96 Å². The van der Waals surface area contributed by atoms with Crippen LogP contribution in [0.25, 0.3) is 0 Å². The molecule has 120 valence electrons. The molecule has 0 heterocycles. The van der Waals surface area contributed by atoms with Gasteiger partial charge in [-0.1, -0.05) is 0 Å². The summed E-state index contributed by atoms with van der Waals surface area (Å²) < 4.78 is 10.0. The predicted octanol–water partition coefficient (Wildman–Crippen LogP) is 0.940. The molecule has 0 aromatic rings. The molecule has 7 nitrogen and oxygen atoms in total. The zero-order valence-corrected chi connectivity index (χ0v) is 15.2. The summed E-state index contributed by atoms with van der Waals surface area (Å²) in [6.07, 6.45) is -0.420. The first-order chi connectivity index (χ1) is 8.89. The highest BCUT2D eigenvalue weighted by molar-refractivity contribution is 14.0. The van der Waals surface area contributed by atoms with Crippen molar-refractivity contribution in [1.82, 2.24) is 16.0 Å². The van der Waals surface area contributed by atoms with E-state index in [4.69, 9.17) is 9.47 Å². The highest BCUT2D eigenvalue weighted by Gasteiger charge is 2.15. The average molecular weight is 402 g/mol. The number of nitrogens with one attached hydrogen (secondary N) is 3. The van der Waals surface area contributed by atoms with Crippen LogP contribution in [-0.2, 0) is 9.47 Å². The minimum Gasteiger partial charge on any atom is -0.444 e. The lowest BCUT2D eigenvalue weighted by Crippen LogP contribution is -2.43. The summed E-state index contributed by atoms with van der Waals surface area (Å²) in [5.41, 5.74) is -0.477. The van der Waals surface area contributed by atoms with Gasteiger partial charge in [0.25, 0.3) is 0 Å². The Morgan fingerprint density at radius 3 is 2.15 bits per heavy atom. The van der Waals surface area contributed by atoms with Crippen LogP contribution in [0.2, 0.25) is 0 Å². The molecule has 0 bridgehead atoms. The highest BCUT2D eigenvalue weighted by atomic mass is 127. The number of carbonyl (C=O) groups is 1. The minimum atomic E-state index is -0.477. The number of hydrogen-bond acceptors (Lipinski definition) is 4. The standard InChI is InChI=1S/C12H26N4O3.HI/c1-12(2,3)19-11(17)16-7-6-14-10(13-4)15-8-9-18-5;/h6-9H2,1-5H3,(H,16,17)(H2,13,14,15);1H. The Kier molecular flexibility index (Phi) is 12.9. The van der Waals surface area contributed by atoms with Gasteiger partial charge in [0, 0.05) is 33.8 Å². The van der Waals surface area contributed by atoms with Crippen LogP contribution in [-0.4, -0.2) is 58.1 Å². The van der Waals surface area contributed by atoms with Gasteiger partial charge in [-0.2, -0.15) is 0 Å². The molecular formula is C12H27IN4O3. The smallest absolute Gasteiger partial charge is 0.407 e. The molecule has 0 rings (SSSR count). The van der Waals surface area contributed by atoms with E-state index in [1.807, 2.05) is 20.8 Å². The largest absolute Gasteiger partial charge is 0.444 e. The first kappa shape index (κ1) is 21.5. The second kappa shape index (κ2) is 12.0. The normalized spacial score (nSPS) is 11.3. The summed E-state index contributed by atoms with van der Waals surface area (Å²) in [4.78, 5) is 15.4. The van der Waals surface area contributed by atoms with E-state index in [1.165, 1.54) is 0 Å². The van der Waals surface area contributed by atoms with E-state index in [0.29, 0.717) is 32.2 Å². The summed E-state index contributed by atoms with van der Waals surface area (Å²) in [6, 6.07) is 0. The fourth-order valence-electron chi connectivity index (χ4n) is 1.15. The monoisotopic (exact) mass is 402 g/mol. The Hall–Kier alpha value is -0.770. The maximum atomic E-state index is 11.4. The lowest BCUT2D eigenvalue weighted by molar-refractivity contribution is 0.0529. The third kappa shape index (κ3) is 13.7. The van der Waals surface area contributed by atoms with E-state index < -0.39 is 11.7 Å². The van der Waals surface area contributed by atoms with E-state index in [-0.39, 0.29) is 24.0 Å². The van der Waals surface area contributed by atoms with Crippen molar-refractivity contribution >= 4 is 36.0 Å². The number of carbonyl (C=O) groups excluding carboxylic acids is 1. The maximum absolute atomic E-state index is 11.4. The SMILES string of the molecule is CN=C(NCCNC(=O)OC(C)(C)C)NCCOC.I. The molecule has 0 aliphatic heterocycles. The van der Waals surface area contributed by atoms with Gasteiger partial charge >= 0.3 is 6.09 Å². The van der Waals surface area contributed by atoms with Crippen LogP contribution in [0.5, 0.6) is 0 Å². The fourth-order valence-corrected chi connectivity index (χ4v) is 1.15. The third-order valence-corrected chi connectivity index (χ3v) is 1.91. The van der Waals surface area contributed by atoms with Gasteiger partial charge in [-0.15, -0.1) is 24.0 Å². The van der Waals surface area contributed by atoms with Crippen LogP contribution in [0.3, 0.4) is 0 Å². The molecule has 0 aliphatic rings. The Labute approximate surface area is 138 Å². The van der Waals surface area contributed by atoms with Crippen LogP contribution in [0.1, 0.15) is 20.8 Å². The molecule has 0 aromatic carbocycles. The Bertz CT molecular complexity index is 293. The van der Waals surface area contributed by atoms with E-state index in [9.17, 15) is 4.79 Å². The van der Waals surface area contributed by atoms with Crippen molar-refractivity contribution in [3.63, 3.8) is 0 Å². The number of guanidine groups is 1. The summed E-state index contributed by atoms with van der Waals surface area (Å²) in [5, 5.41) is 8.78. The lowest BCUT2D eigenvalue weighted by atomic mass is 10.2. The number of ether oxygens (including phenoxy) is 2. The topological polar surface area (TPSA) is 84.0 Å². The molecule has 0 fully saturated rings. The van der Waals surface area contributed by atoms with Crippen LogP contribution in [0.15, 0.2) is 4.99 Å². The van der Waals surface area contributed by atoms with Crippen molar-refractivity contribution in [2.75, 3.05) is 40.4 Å². The number of rotatable bonds is 6. The summed E-state index contributed by atoms with van der Waals surface area (Å²) in [6.45, 7) is 7.78. The van der Waals surface area contributed by atoms with E-state index in [2.05, 4.69) is 20.9 Å². The molecule has 0 saturated heterocycles. The average Bonchev–Trinajstić information content (AvgIpc) is 2.30. The molecule has 0 spiro atoms. The van der Waals surface area contributed by atoms with Crippen molar-refractivity contribution in [3.8, 4) is 0 Å². The predicted molar refractivity (Wildman–Crippen MR) is 90.9 cm³/mol. The summed E-state index contributed by atoms with van der Waals surface area (Å²) in [7, 11) is 3.33. The molecule has 0 unspecified atom stereocenters. The molecule has 0 aromatic heterocycles. The molecule has 0 saturated carbocycles. The van der Waals surface area contributed by atoms with Gasteiger partial charge in [0.2, 0.25) is 0 Å². The van der Waals surface area contributed by atoms with Crippen molar-refractivity contribution in [2.24, 2.45) is 4.99 Å². The van der Waals surface area contributed by atoms with Gasteiger partial charge in [0.1, 0.15) is 5.60 Å². The number of alkyl carbamates (subject to hydrolysis) is 1. The molecule has 0 atom stereocenters. The van der Waals surface area contributed by atoms with Crippen LogP contribution in [0, 0.1) is 0 Å². The Morgan fingerprint density at radius 2 is 1.65 bits per heavy atom. The number of aliphatic imine (C=N–C) groups is 1. The Balaban J connectivity index is 0. The lowest BCUT2D eigenvalue weighted by Gasteiger charge is -2.19. The number of amides is 1. The maximum Gasteiger partial charge on any atom is 0.407 e. The van der Waals surface area contributed by atoms with Gasteiger partial charge in [-0.05, 0) is 20.8 Å². The summed E-state index contributed by atoms with van der Waals surface area (Å²) >= 11 is 0. The second-order valence-electron chi connectivity index (χ2n) is 4.85. The first-order valence-electron chi connectivity index (χ1n) is 6.29. The molecule has 0 radical (unpaired) electrons. The van der Waals surface area contributed by atoms with Gasteiger partial charge in [-0.25, -0.2) is 4.79 Å². The van der Waals surface area contributed by atoms with Crippen molar-refractivity contribution in [2.45, 2.75) is 26.4 Å². The quantitative estimate of drug-likeness (QED) is 0.267. The Morgan fingerprint density at radius 1 is 1.10 bits per heavy atom. The number of hydrogen-bond donors (Lipinski definition) is 3. The highest BCUT2D eigenvalue weighted by Crippen LogP contribution is 2.05.